The zero-order valence-electron chi connectivity index (χ0n) is 18.0. The van der Waals surface area contributed by atoms with Crippen molar-refractivity contribution in [1.82, 2.24) is 14.5 Å². The van der Waals surface area contributed by atoms with Gasteiger partial charge >= 0.3 is 0 Å². The number of rotatable bonds is 7. The maximum absolute atomic E-state index is 11.2. The Balaban J connectivity index is 2.15. The summed E-state index contributed by atoms with van der Waals surface area (Å²) in [5.41, 5.74) is 5.05. The molecule has 5 nitrogen and oxygen atoms in total. The van der Waals surface area contributed by atoms with Crippen LogP contribution in [0.15, 0.2) is 24.4 Å². The van der Waals surface area contributed by atoms with Crippen molar-refractivity contribution in [3.8, 4) is 0 Å². The molecule has 3 aromatic rings. The Hall–Kier alpha value is -2.40. The molecule has 0 bridgehead atoms. The second kappa shape index (κ2) is 8.31. The summed E-state index contributed by atoms with van der Waals surface area (Å²) < 4.78 is 1.88. The maximum atomic E-state index is 11.2. The minimum Gasteiger partial charge on any atom is -0.369 e. The van der Waals surface area contributed by atoms with E-state index in [1.807, 2.05) is 29.8 Å². The van der Waals surface area contributed by atoms with E-state index in [1.54, 1.807) is 0 Å². The molecule has 1 unspecified atom stereocenters. The summed E-state index contributed by atoms with van der Waals surface area (Å²) in [6, 6.07) is 6.19. The zero-order valence-corrected chi connectivity index (χ0v) is 18.0. The van der Waals surface area contributed by atoms with Crippen LogP contribution >= 0.6 is 0 Å². The van der Waals surface area contributed by atoms with Gasteiger partial charge < -0.3 is 14.6 Å². The number of hydrogen-bond donors (Lipinski definition) is 1. The van der Waals surface area contributed by atoms with Crippen molar-refractivity contribution in [3.05, 3.63) is 52.5 Å². The lowest BCUT2D eigenvalue weighted by molar-refractivity contribution is 0.150. The maximum Gasteiger partial charge on any atom is 0.158 e. The number of fused-ring (bicyclic) bond motifs is 1. The Labute approximate surface area is 168 Å². The van der Waals surface area contributed by atoms with Crippen LogP contribution in [-0.4, -0.2) is 32.7 Å². The molecule has 0 aliphatic carbocycles. The van der Waals surface area contributed by atoms with Gasteiger partial charge in [-0.15, -0.1) is 0 Å². The highest BCUT2D eigenvalue weighted by Gasteiger charge is 2.21. The third-order valence-corrected chi connectivity index (χ3v) is 5.22. The van der Waals surface area contributed by atoms with Crippen LogP contribution in [0.2, 0.25) is 0 Å². The molecule has 0 radical (unpaired) electrons. The summed E-state index contributed by atoms with van der Waals surface area (Å²) in [5, 5.41) is 12.2. The molecule has 0 saturated heterocycles. The van der Waals surface area contributed by atoms with Gasteiger partial charge in [0.05, 0.1) is 5.39 Å². The summed E-state index contributed by atoms with van der Waals surface area (Å²) in [6.45, 7) is 14.3. The molecule has 1 atom stereocenters. The Morgan fingerprint density at radius 3 is 2.32 bits per heavy atom. The van der Waals surface area contributed by atoms with Crippen LogP contribution in [0.1, 0.15) is 61.0 Å². The number of aryl methyl sites for hydroxylation is 4. The lowest BCUT2D eigenvalue weighted by Crippen LogP contribution is -2.25. The second-order valence-corrected chi connectivity index (χ2v) is 7.74. The van der Waals surface area contributed by atoms with Gasteiger partial charge in [-0.25, -0.2) is 9.97 Å². The quantitative estimate of drug-likeness (QED) is 0.638. The molecule has 0 saturated carbocycles. The molecule has 1 N–H and O–H groups in total. The van der Waals surface area contributed by atoms with Crippen LogP contribution in [0.25, 0.3) is 11.0 Å². The monoisotopic (exact) mass is 380 g/mol. The van der Waals surface area contributed by atoms with Gasteiger partial charge in [-0.1, -0.05) is 42.7 Å². The van der Waals surface area contributed by atoms with Crippen LogP contribution in [0.4, 0.5) is 5.82 Å². The largest absolute Gasteiger partial charge is 0.369 e. The van der Waals surface area contributed by atoms with E-state index in [0.717, 1.165) is 70.9 Å². The fraction of sp³-hybridized carbons (Fsp3) is 0.478. The topological polar surface area (TPSA) is 54.2 Å². The Kier molecular flexibility index (Phi) is 6.04. The van der Waals surface area contributed by atoms with Crippen molar-refractivity contribution in [2.75, 3.05) is 18.0 Å². The number of aliphatic hydroxyl groups is 1. The SMILES string of the molecule is CCCCN(CC)c1nc(C)nc2c1c(C)cn2C(O)c1cc(C)cc(C)c1. The number of aromatic nitrogens is 3. The van der Waals surface area contributed by atoms with Gasteiger partial charge in [0.2, 0.25) is 0 Å². The van der Waals surface area contributed by atoms with Crippen LogP contribution in [0.5, 0.6) is 0 Å². The van der Waals surface area contributed by atoms with Crippen molar-refractivity contribution in [1.29, 1.82) is 0 Å². The first kappa shape index (κ1) is 20.3. The number of hydrogen-bond acceptors (Lipinski definition) is 4. The predicted octanol–water partition coefficient (Wildman–Crippen LogP) is 4.83. The third kappa shape index (κ3) is 3.90. The number of aliphatic hydroxyl groups excluding tert-OH is 1. The molecule has 1 aromatic carbocycles. The standard InChI is InChI=1S/C23H32N4O/c1-7-9-10-26(8-2)21-20-17(5)14-27(22(20)25-18(6)24-21)23(28)19-12-15(3)11-16(4)13-19/h11-14,23,28H,7-10H2,1-6H3. The Morgan fingerprint density at radius 2 is 1.71 bits per heavy atom. The van der Waals surface area contributed by atoms with E-state index in [4.69, 9.17) is 9.97 Å². The smallest absolute Gasteiger partial charge is 0.158 e. The van der Waals surface area contributed by atoms with Crippen molar-refractivity contribution in [2.24, 2.45) is 0 Å². The highest BCUT2D eigenvalue weighted by Crippen LogP contribution is 2.32. The summed E-state index contributed by atoms with van der Waals surface area (Å²) in [4.78, 5) is 11.8. The molecule has 2 aromatic heterocycles. The summed E-state index contributed by atoms with van der Waals surface area (Å²) in [7, 11) is 0. The van der Waals surface area contributed by atoms with Gasteiger partial charge in [0, 0.05) is 24.8 Å². The molecule has 150 valence electrons. The molecule has 28 heavy (non-hydrogen) atoms. The van der Waals surface area contributed by atoms with E-state index < -0.39 is 6.23 Å². The summed E-state index contributed by atoms with van der Waals surface area (Å²) in [6.07, 6.45) is 3.50. The van der Waals surface area contributed by atoms with Crippen LogP contribution in [0.3, 0.4) is 0 Å². The fourth-order valence-electron chi connectivity index (χ4n) is 3.91. The molecule has 0 aliphatic heterocycles. The van der Waals surface area contributed by atoms with Crippen LogP contribution in [0, 0.1) is 27.7 Å². The molecular formula is C23H32N4O. The van der Waals surface area contributed by atoms with E-state index in [2.05, 4.69) is 45.6 Å². The average Bonchev–Trinajstić information content (AvgIpc) is 2.97. The molecule has 0 amide bonds. The first-order valence-corrected chi connectivity index (χ1v) is 10.2. The van der Waals surface area contributed by atoms with E-state index in [9.17, 15) is 5.11 Å². The van der Waals surface area contributed by atoms with Crippen LogP contribution in [-0.2, 0) is 0 Å². The molecule has 5 heteroatoms. The lowest BCUT2D eigenvalue weighted by atomic mass is 10.1. The number of benzene rings is 1. The fourth-order valence-corrected chi connectivity index (χ4v) is 3.91. The van der Waals surface area contributed by atoms with E-state index in [0.29, 0.717) is 0 Å². The van der Waals surface area contributed by atoms with Gasteiger partial charge in [-0.05, 0) is 46.6 Å². The summed E-state index contributed by atoms with van der Waals surface area (Å²) in [5.74, 6) is 1.70. The van der Waals surface area contributed by atoms with Crippen molar-refractivity contribution >= 4 is 16.9 Å². The lowest BCUT2D eigenvalue weighted by Gasteiger charge is -2.23. The number of unbranched alkanes of at least 4 members (excludes halogenated alkanes) is 1. The first-order chi connectivity index (χ1) is 13.3. The van der Waals surface area contributed by atoms with Crippen molar-refractivity contribution in [3.63, 3.8) is 0 Å². The van der Waals surface area contributed by atoms with Crippen molar-refractivity contribution in [2.45, 2.75) is 60.6 Å². The molecule has 0 fully saturated rings. The van der Waals surface area contributed by atoms with Crippen LogP contribution < -0.4 is 4.90 Å². The minimum atomic E-state index is -0.775. The molecular weight excluding hydrogens is 348 g/mol. The molecule has 3 rings (SSSR count). The summed E-state index contributed by atoms with van der Waals surface area (Å²) >= 11 is 0. The molecule has 0 aliphatic rings. The number of nitrogens with zero attached hydrogens (tertiary/aromatic N) is 4. The van der Waals surface area contributed by atoms with Gasteiger partial charge in [-0.3, -0.25) is 0 Å². The Bertz CT molecular complexity index is 956. The highest BCUT2D eigenvalue weighted by atomic mass is 16.3. The van der Waals surface area contributed by atoms with E-state index in [1.165, 1.54) is 0 Å². The van der Waals surface area contributed by atoms with Gasteiger partial charge in [0.1, 0.15) is 17.3 Å². The van der Waals surface area contributed by atoms with Gasteiger partial charge in [0.25, 0.3) is 0 Å². The van der Waals surface area contributed by atoms with E-state index in [-0.39, 0.29) is 0 Å². The predicted molar refractivity (Wildman–Crippen MR) is 116 cm³/mol. The average molecular weight is 381 g/mol. The molecule has 2 heterocycles. The van der Waals surface area contributed by atoms with Crippen molar-refractivity contribution < 1.29 is 5.11 Å². The number of anilines is 1. The van der Waals surface area contributed by atoms with Gasteiger partial charge in [0.15, 0.2) is 6.23 Å². The highest BCUT2D eigenvalue weighted by molar-refractivity contribution is 5.91. The Morgan fingerprint density at radius 1 is 1.04 bits per heavy atom. The first-order valence-electron chi connectivity index (χ1n) is 10.2. The second-order valence-electron chi connectivity index (χ2n) is 7.74. The normalized spacial score (nSPS) is 12.5. The van der Waals surface area contributed by atoms with Gasteiger partial charge in [-0.2, -0.15) is 0 Å². The third-order valence-electron chi connectivity index (χ3n) is 5.22. The minimum absolute atomic E-state index is 0.726. The van der Waals surface area contributed by atoms with E-state index >= 15 is 0 Å². The zero-order chi connectivity index (χ0) is 20.4. The molecule has 0 spiro atoms.